The zero-order valence-electron chi connectivity index (χ0n) is 11.5. The molecule has 0 saturated heterocycles. The first-order valence-electron chi connectivity index (χ1n) is 6.77. The molecule has 0 saturated carbocycles. The lowest BCUT2D eigenvalue weighted by Crippen LogP contribution is -2.03. The second-order valence-electron chi connectivity index (χ2n) is 4.74. The van der Waals surface area contributed by atoms with Crippen molar-refractivity contribution in [2.45, 2.75) is 49.9 Å². The van der Waals surface area contributed by atoms with Gasteiger partial charge in [-0.3, -0.25) is 0 Å². The fourth-order valence-electron chi connectivity index (χ4n) is 1.85. The quantitative estimate of drug-likeness (QED) is 0.331. The van der Waals surface area contributed by atoms with E-state index in [0.29, 0.717) is 16.1 Å². The number of aryl methyl sites for hydroxylation is 1. The molecule has 1 atom stereocenters. The van der Waals surface area contributed by atoms with E-state index in [1.54, 1.807) is 0 Å². The lowest BCUT2D eigenvalue weighted by molar-refractivity contribution is 0.285. The fourth-order valence-corrected chi connectivity index (χ4v) is 2.91. The maximum absolute atomic E-state index is 13.5. The summed E-state index contributed by atoms with van der Waals surface area (Å²) in [5, 5.41) is 0. The van der Waals surface area contributed by atoms with E-state index in [9.17, 15) is 8.78 Å². The van der Waals surface area contributed by atoms with Crippen molar-refractivity contribution in [3.63, 3.8) is 0 Å². The van der Waals surface area contributed by atoms with Crippen LogP contribution in [0.15, 0.2) is 12.1 Å². The Labute approximate surface area is 127 Å². The first-order valence-corrected chi connectivity index (χ1v) is 8.02. The van der Waals surface area contributed by atoms with Gasteiger partial charge in [0.25, 0.3) is 0 Å². The maximum atomic E-state index is 13.5. The Kier molecular flexibility index (Phi) is 7.64. The molecule has 1 aromatic rings. The van der Waals surface area contributed by atoms with Crippen molar-refractivity contribution in [1.82, 2.24) is 0 Å². The molecule has 0 spiro atoms. The van der Waals surface area contributed by atoms with E-state index in [1.165, 1.54) is 31.9 Å². The lowest BCUT2D eigenvalue weighted by atomic mass is 10.1. The molecule has 0 heterocycles. The number of benzene rings is 1. The Morgan fingerprint density at radius 3 is 2.58 bits per heavy atom. The topological polar surface area (TPSA) is 9.23 Å². The first-order chi connectivity index (χ1) is 9.06. The molecule has 1 aromatic carbocycles. The second kappa shape index (κ2) is 8.72. The third-order valence-electron chi connectivity index (χ3n) is 3.01. The standard InChI is InChI=1S/C15H21F2IO/c1-3-6-12(18)7-4-5-10-19-13-9-8-11(2)14(16)15(13)17/h8-9,12H,3-7,10H2,1-2H3. The minimum Gasteiger partial charge on any atom is -0.490 e. The third-order valence-corrected chi connectivity index (χ3v) is 4.26. The lowest BCUT2D eigenvalue weighted by Gasteiger charge is -2.10. The minimum absolute atomic E-state index is 0.0164. The summed E-state index contributed by atoms with van der Waals surface area (Å²) in [5.74, 6) is -1.67. The summed E-state index contributed by atoms with van der Waals surface area (Å²) >= 11 is 2.47. The van der Waals surface area contributed by atoms with E-state index < -0.39 is 11.6 Å². The highest BCUT2D eigenvalue weighted by molar-refractivity contribution is 14.1. The van der Waals surface area contributed by atoms with Gasteiger partial charge in [-0.2, -0.15) is 4.39 Å². The van der Waals surface area contributed by atoms with E-state index in [2.05, 4.69) is 29.5 Å². The number of alkyl halides is 1. The van der Waals surface area contributed by atoms with Crippen LogP contribution < -0.4 is 4.74 Å². The van der Waals surface area contributed by atoms with Gasteiger partial charge in [-0.05, 0) is 44.2 Å². The van der Waals surface area contributed by atoms with Crippen LogP contribution in [0.2, 0.25) is 0 Å². The summed E-state index contributed by atoms with van der Waals surface area (Å²) in [6.07, 6.45) is 5.53. The molecule has 0 radical (unpaired) electrons. The van der Waals surface area contributed by atoms with Gasteiger partial charge in [0.2, 0.25) is 5.82 Å². The summed E-state index contributed by atoms with van der Waals surface area (Å²) in [6, 6.07) is 3.03. The van der Waals surface area contributed by atoms with E-state index in [-0.39, 0.29) is 5.75 Å². The fraction of sp³-hybridized carbons (Fsp3) is 0.600. The Bertz CT molecular complexity index is 396. The van der Waals surface area contributed by atoms with Gasteiger partial charge in [0.1, 0.15) is 0 Å². The Hall–Kier alpha value is -0.390. The number of ether oxygens (including phenoxy) is 1. The summed E-state index contributed by atoms with van der Waals surface area (Å²) < 4.78 is 32.8. The molecule has 19 heavy (non-hydrogen) atoms. The summed E-state index contributed by atoms with van der Waals surface area (Å²) in [6.45, 7) is 4.16. The highest BCUT2D eigenvalue weighted by atomic mass is 127. The van der Waals surface area contributed by atoms with Gasteiger partial charge < -0.3 is 4.74 Å². The van der Waals surface area contributed by atoms with Crippen LogP contribution in [0.25, 0.3) is 0 Å². The predicted molar refractivity (Wildman–Crippen MR) is 83.2 cm³/mol. The molecule has 1 rings (SSSR count). The molecule has 0 bridgehead atoms. The van der Waals surface area contributed by atoms with E-state index in [4.69, 9.17) is 4.74 Å². The average molecular weight is 382 g/mol. The van der Waals surface area contributed by atoms with Gasteiger partial charge in [-0.15, -0.1) is 0 Å². The highest BCUT2D eigenvalue weighted by Crippen LogP contribution is 2.22. The zero-order chi connectivity index (χ0) is 14.3. The van der Waals surface area contributed by atoms with Crippen LogP contribution in [0.4, 0.5) is 8.78 Å². The highest BCUT2D eigenvalue weighted by Gasteiger charge is 2.11. The Morgan fingerprint density at radius 1 is 1.16 bits per heavy atom. The molecule has 0 amide bonds. The van der Waals surface area contributed by atoms with Gasteiger partial charge in [-0.25, -0.2) is 4.39 Å². The molecular weight excluding hydrogens is 361 g/mol. The van der Waals surface area contributed by atoms with Crippen molar-refractivity contribution in [2.75, 3.05) is 6.61 Å². The molecule has 4 heteroatoms. The van der Waals surface area contributed by atoms with Crippen LogP contribution in [0.1, 0.15) is 44.6 Å². The van der Waals surface area contributed by atoms with Crippen molar-refractivity contribution in [2.24, 2.45) is 0 Å². The van der Waals surface area contributed by atoms with Crippen LogP contribution >= 0.6 is 22.6 Å². The van der Waals surface area contributed by atoms with Gasteiger partial charge in [0, 0.05) is 3.92 Å². The monoisotopic (exact) mass is 382 g/mol. The summed E-state index contributed by atoms with van der Waals surface area (Å²) in [5.41, 5.74) is 0.303. The normalized spacial score (nSPS) is 12.5. The minimum atomic E-state index is -0.877. The average Bonchev–Trinajstić information content (AvgIpc) is 2.38. The van der Waals surface area contributed by atoms with E-state index in [0.717, 1.165) is 19.3 Å². The Balaban J connectivity index is 2.28. The van der Waals surface area contributed by atoms with E-state index >= 15 is 0 Å². The summed E-state index contributed by atoms with van der Waals surface area (Å²) in [4.78, 5) is 0. The maximum Gasteiger partial charge on any atom is 0.200 e. The van der Waals surface area contributed by atoms with Crippen LogP contribution in [0, 0.1) is 18.6 Å². The van der Waals surface area contributed by atoms with Crippen LogP contribution in [-0.4, -0.2) is 10.5 Å². The largest absolute Gasteiger partial charge is 0.490 e. The molecule has 1 unspecified atom stereocenters. The van der Waals surface area contributed by atoms with Crippen LogP contribution in [0.3, 0.4) is 0 Å². The third kappa shape index (κ3) is 5.63. The van der Waals surface area contributed by atoms with E-state index in [1.807, 2.05) is 0 Å². The number of rotatable bonds is 8. The smallest absolute Gasteiger partial charge is 0.200 e. The van der Waals surface area contributed by atoms with Gasteiger partial charge in [0.05, 0.1) is 6.61 Å². The molecule has 0 N–H and O–H groups in total. The number of hydrogen-bond acceptors (Lipinski definition) is 1. The van der Waals surface area contributed by atoms with Gasteiger partial charge in [0.15, 0.2) is 11.6 Å². The molecule has 0 aromatic heterocycles. The van der Waals surface area contributed by atoms with Crippen molar-refractivity contribution in [1.29, 1.82) is 0 Å². The molecule has 0 fully saturated rings. The SMILES string of the molecule is CCCC(I)CCCCOc1ccc(C)c(F)c1F. The summed E-state index contributed by atoms with van der Waals surface area (Å²) in [7, 11) is 0. The van der Waals surface area contributed by atoms with Crippen molar-refractivity contribution in [3.8, 4) is 5.75 Å². The number of hydrogen-bond donors (Lipinski definition) is 0. The van der Waals surface area contributed by atoms with Gasteiger partial charge >= 0.3 is 0 Å². The number of unbranched alkanes of at least 4 members (excludes halogenated alkanes) is 1. The molecule has 108 valence electrons. The van der Waals surface area contributed by atoms with Gasteiger partial charge in [-0.1, -0.05) is 42.0 Å². The molecule has 0 aliphatic carbocycles. The first kappa shape index (κ1) is 16.7. The predicted octanol–water partition coefficient (Wildman–Crippen LogP) is 5.43. The van der Waals surface area contributed by atoms with Crippen molar-refractivity contribution in [3.05, 3.63) is 29.3 Å². The van der Waals surface area contributed by atoms with Crippen LogP contribution in [-0.2, 0) is 0 Å². The Morgan fingerprint density at radius 2 is 1.89 bits per heavy atom. The van der Waals surface area contributed by atoms with Crippen LogP contribution in [0.5, 0.6) is 5.75 Å². The van der Waals surface area contributed by atoms with Crippen molar-refractivity contribution < 1.29 is 13.5 Å². The second-order valence-corrected chi connectivity index (χ2v) is 6.50. The molecule has 0 aliphatic heterocycles. The molecule has 1 nitrogen and oxygen atoms in total. The molecular formula is C15H21F2IO. The number of halogens is 3. The van der Waals surface area contributed by atoms with Crippen molar-refractivity contribution >= 4 is 22.6 Å². The molecule has 0 aliphatic rings. The zero-order valence-corrected chi connectivity index (χ0v) is 13.7.